The van der Waals surface area contributed by atoms with Crippen LogP contribution in [0.3, 0.4) is 0 Å². The van der Waals surface area contributed by atoms with Crippen molar-refractivity contribution in [2.75, 3.05) is 9.80 Å². The van der Waals surface area contributed by atoms with Crippen LogP contribution in [0, 0.1) is 0 Å². The second kappa shape index (κ2) is 9.38. The molecule has 10 nitrogen and oxygen atoms in total. The van der Waals surface area contributed by atoms with Gasteiger partial charge in [0.25, 0.3) is 23.6 Å². The molecular weight excluding hydrogens is 528 g/mol. The van der Waals surface area contributed by atoms with Crippen LogP contribution in [0.2, 0.25) is 0 Å². The zero-order valence-electron chi connectivity index (χ0n) is 21.0. The molecule has 0 atom stereocenters. The topological polar surface area (TPSA) is 155 Å². The Hall–Kier alpha value is -5.90. The van der Waals surface area contributed by atoms with Gasteiger partial charge in [-0.25, -0.2) is 9.80 Å². The molecule has 2 aliphatic heterocycles. The largest absolute Gasteiger partial charge is 0.545 e. The molecule has 0 aromatic heterocycles. The van der Waals surface area contributed by atoms with E-state index in [4.69, 9.17) is 0 Å². The number of carbonyl (C=O) groups excluding carboxylic acids is 6. The first-order valence-corrected chi connectivity index (χ1v) is 12.3. The third-order valence-electron chi connectivity index (χ3n) is 7.04. The van der Waals surface area contributed by atoms with Crippen LogP contribution in [0.25, 0.3) is 0 Å². The molecule has 0 N–H and O–H groups in total. The molecule has 2 heterocycles. The fourth-order valence-corrected chi connectivity index (χ4v) is 4.97. The maximum Gasteiger partial charge on any atom is 0.266 e. The number of carbonyl (C=O) groups is 6. The van der Waals surface area contributed by atoms with Crippen LogP contribution in [-0.2, 0) is 6.42 Å². The summed E-state index contributed by atoms with van der Waals surface area (Å²) in [5.41, 5.74) is 2.21. The van der Waals surface area contributed by atoms with Gasteiger partial charge in [0.2, 0.25) is 0 Å². The van der Waals surface area contributed by atoms with Gasteiger partial charge < -0.3 is 19.8 Å². The smallest absolute Gasteiger partial charge is 0.266 e. The lowest BCUT2D eigenvalue weighted by atomic mass is 10.0. The molecule has 2 aliphatic rings. The van der Waals surface area contributed by atoms with Crippen molar-refractivity contribution in [3.8, 4) is 0 Å². The Bertz CT molecular complexity index is 1710. The van der Waals surface area contributed by atoms with E-state index < -0.39 is 35.6 Å². The first kappa shape index (κ1) is 25.4. The number of amides is 4. The SMILES string of the molecule is O=C([O-])c1ccc2c(c1)C(=O)N(c1ccc(Cc3ccc(N4C(=O)c5ccc(C(=O)[O-])cc5C4=O)cc3)cc1)C2=O. The van der Waals surface area contributed by atoms with Crippen molar-refractivity contribution in [1.29, 1.82) is 0 Å². The average molecular weight is 544 g/mol. The summed E-state index contributed by atoms with van der Waals surface area (Å²) in [6.07, 6.45) is 0.467. The zero-order chi connectivity index (χ0) is 29.0. The van der Waals surface area contributed by atoms with Crippen LogP contribution in [0.1, 0.15) is 73.3 Å². The number of fused-ring (bicyclic) bond motifs is 2. The summed E-state index contributed by atoms with van der Waals surface area (Å²) in [5, 5.41) is 22.3. The Morgan fingerprint density at radius 1 is 0.488 bits per heavy atom. The summed E-state index contributed by atoms with van der Waals surface area (Å²) in [7, 11) is 0. The van der Waals surface area contributed by atoms with Crippen molar-refractivity contribution >= 4 is 46.9 Å². The summed E-state index contributed by atoms with van der Waals surface area (Å²) < 4.78 is 0. The fourth-order valence-electron chi connectivity index (χ4n) is 4.97. The molecule has 0 aliphatic carbocycles. The maximum atomic E-state index is 12.9. The van der Waals surface area contributed by atoms with E-state index in [0.717, 1.165) is 33.1 Å². The van der Waals surface area contributed by atoms with Gasteiger partial charge in [0.1, 0.15) is 0 Å². The molecule has 0 saturated carbocycles. The highest BCUT2D eigenvalue weighted by atomic mass is 16.4. The predicted octanol–water partition coefficient (Wildman–Crippen LogP) is 1.61. The average Bonchev–Trinajstić information content (AvgIpc) is 3.37. The molecule has 0 spiro atoms. The Morgan fingerprint density at radius 3 is 1.17 bits per heavy atom. The lowest BCUT2D eigenvalue weighted by Gasteiger charge is -2.15. The number of carboxylic acid groups (broad SMARTS) is 2. The van der Waals surface area contributed by atoms with Gasteiger partial charge in [0.05, 0.1) is 45.6 Å². The van der Waals surface area contributed by atoms with Gasteiger partial charge in [0.15, 0.2) is 0 Å². The number of rotatable bonds is 6. The van der Waals surface area contributed by atoms with Gasteiger partial charge in [-0.15, -0.1) is 0 Å². The number of benzene rings is 4. The highest BCUT2D eigenvalue weighted by molar-refractivity contribution is 6.35. The summed E-state index contributed by atoms with van der Waals surface area (Å²) in [6, 6.07) is 20.8. The first-order valence-electron chi connectivity index (χ1n) is 12.3. The molecule has 0 radical (unpaired) electrons. The molecular formula is C31H16N2O8-2. The van der Waals surface area contributed by atoms with E-state index in [9.17, 15) is 39.0 Å². The molecule has 41 heavy (non-hydrogen) atoms. The Kier molecular flexibility index (Phi) is 5.81. The summed E-state index contributed by atoms with van der Waals surface area (Å²) in [4.78, 5) is 75.7. The van der Waals surface area contributed by atoms with Crippen molar-refractivity contribution in [2.45, 2.75) is 6.42 Å². The standard InChI is InChI=1S/C31H18N2O8/c34-26-22-11-5-18(30(38)39)14-24(22)28(36)32(26)20-7-1-16(2-8-20)13-17-3-9-21(10-4-17)33-27(35)23-12-6-19(31(40)41)15-25(23)29(33)37/h1-12,14-15H,13H2,(H,38,39)(H,40,41)/p-2. The number of aromatic carboxylic acids is 2. The fraction of sp³-hybridized carbons (Fsp3) is 0.0323. The lowest BCUT2D eigenvalue weighted by molar-refractivity contribution is -0.256. The number of anilines is 2. The minimum absolute atomic E-state index is 0.00161. The third kappa shape index (κ3) is 4.14. The molecule has 4 aromatic carbocycles. The Morgan fingerprint density at radius 2 is 0.829 bits per heavy atom. The number of hydrogen-bond acceptors (Lipinski definition) is 8. The zero-order valence-corrected chi connectivity index (χ0v) is 21.0. The van der Waals surface area contributed by atoms with E-state index in [2.05, 4.69) is 0 Å². The van der Waals surface area contributed by atoms with Crippen molar-refractivity contribution in [1.82, 2.24) is 0 Å². The highest BCUT2D eigenvalue weighted by Crippen LogP contribution is 2.31. The van der Waals surface area contributed by atoms with E-state index >= 15 is 0 Å². The van der Waals surface area contributed by atoms with Crippen molar-refractivity contribution in [3.05, 3.63) is 129 Å². The first-order chi connectivity index (χ1) is 19.6. The molecule has 10 heteroatoms. The Balaban J connectivity index is 1.17. The molecule has 4 amide bonds. The molecule has 4 aromatic rings. The van der Waals surface area contributed by atoms with Crippen LogP contribution in [0.15, 0.2) is 84.9 Å². The third-order valence-corrected chi connectivity index (χ3v) is 7.04. The van der Waals surface area contributed by atoms with Crippen LogP contribution in [-0.4, -0.2) is 35.6 Å². The summed E-state index contributed by atoms with van der Waals surface area (Å²) in [6.45, 7) is 0. The normalized spacial score (nSPS) is 14.0. The summed E-state index contributed by atoms with van der Waals surface area (Å²) >= 11 is 0. The monoisotopic (exact) mass is 544 g/mol. The van der Waals surface area contributed by atoms with Crippen LogP contribution in [0.5, 0.6) is 0 Å². The van der Waals surface area contributed by atoms with E-state index in [-0.39, 0.29) is 33.4 Å². The van der Waals surface area contributed by atoms with Crippen LogP contribution in [0.4, 0.5) is 11.4 Å². The van der Waals surface area contributed by atoms with Gasteiger partial charge >= 0.3 is 0 Å². The van der Waals surface area contributed by atoms with Gasteiger partial charge in [-0.05, 0) is 77.2 Å². The number of imide groups is 2. The highest BCUT2D eigenvalue weighted by Gasteiger charge is 2.38. The maximum absolute atomic E-state index is 12.9. The second-order valence-electron chi connectivity index (χ2n) is 9.50. The van der Waals surface area contributed by atoms with E-state index in [0.29, 0.717) is 17.8 Å². The molecule has 6 rings (SSSR count). The van der Waals surface area contributed by atoms with E-state index in [1.165, 1.54) is 24.3 Å². The van der Waals surface area contributed by atoms with Crippen molar-refractivity contribution in [3.63, 3.8) is 0 Å². The van der Waals surface area contributed by atoms with Gasteiger partial charge in [-0.2, -0.15) is 0 Å². The molecule has 0 bridgehead atoms. The molecule has 200 valence electrons. The van der Waals surface area contributed by atoms with Gasteiger partial charge in [0, 0.05) is 0 Å². The number of hydrogen-bond donors (Lipinski definition) is 0. The van der Waals surface area contributed by atoms with E-state index in [1.54, 1.807) is 48.5 Å². The van der Waals surface area contributed by atoms with Crippen molar-refractivity contribution in [2.24, 2.45) is 0 Å². The quantitative estimate of drug-likeness (QED) is 0.332. The molecule has 0 fully saturated rings. The number of carboxylic acids is 2. The Labute approximate surface area is 231 Å². The van der Waals surface area contributed by atoms with Gasteiger partial charge in [-0.3, -0.25) is 19.2 Å². The minimum atomic E-state index is -1.44. The van der Waals surface area contributed by atoms with Crippen LogP contribution < -0.4 is 20.0 Å². The summed E-state index contributed by atoms with van der Waals surface area (Å²) in [5.74, 6) is -5.25. The second-order valence-corrected chi connectivity index (χ2v) is 9.50. The predicted molar refractivity (Wildman–Crippen MR) is 140 cm³/mol. The van der Waals surface area contributed by atoms with Gasteiger partial charge in [-0.1, -0.05) is 36.4 Å². The van der Waals surface area contributed by atoms with Crippen molar-refractivity contribution < 1.29 is 39.0 Å². The molecule has 0 saturated heterocycles. The van der Waals surface area contributed by atoms with Crippen LogP contribution >= 0.6 is 0 Å². The lowest BCUT2D eigenvalue weighted by Crippen LogP contribution is -2.29. The minimum Gasteiger partial charge on any atom is -0.545 e. The number of nitrogens with zero attached hydrogens (tertiary/aromatic N) is 2. The van der Waals surface area contributed by atoms with E-state index in [1.807, 2.05) is 0 Å². The molecule has 0 unspecified atom stereocenters.